The first-order chi connectivity index (χ1) is 11.3. The molecule has 1 aromatic heterocycles. The summed E-state index contributed by atoms with van der Waals surface area (Å²) in [4.78, 5) is 7.02. The van der Waals surface area contributed by atoms with Crippen molar-refractivity contribution in [3.8, 4) is 0 Å². The van der Waals surface area contributed by atoms with Gasteiger partial charge in [0.25, 0.3) is 0 Å². The van der Waals surface area contributed by atoms with Crippen LogP contribution < -0.4 is 5.32 Å². The van der Waals surface area contributed by atoms with E-state index >= 15 is 0 Å². The monoisotopic (exact) mass is 331 g/mol. The van der Waals surface area contributed by atoms with Gasteiger partial charge in [0.15, 0.2) is 0 Å². The van der Waals surface area contributed by atoms with Crippen LogP contribution in [-0.2, 0) is 0 Å². The molecule has 0 bridgehead atoms. The Balaban J connectivity index is 1.50. The summed E-state index contributed by atoms with van der Waals surface area (Å²) in [6.07, 6.45) is 9.98. The predicted molar refractivity (Wildman–Crippen MR) is 99.4 cm³/mol. The van der Waals surface area contributed by atoms with Crippen LogP contribution in [0.5, 0.6) is 0 Å². The molecule has 0 amide bonds. The van der Waals surface area contributed by atoms with Crippen LogP contribution in [0.2, 0.25) is 5.02 Å². The normalized spacial score (nSPS) is 16.9. The molecule has 1 aliphatic rings. The van der Waals surface area contributed by atoms with E-state index in [1.54, 1.807) is 0 Å². The van der Waals surface area contributed by atoms with Gasteiger partial charge in [0, 0.05) is 28.8 Å². The lowest BCUT2D eigenvalue weighted by molar-refractivity contribution is 0.247. The van der Waals surface area contributed by atoms with Crippen molar-refractivity contribution in [2.75, 3.05) is 31.5 Å². The molecule has 1 fully saturated rings. The van der Waals surface area contributed by atoms with Crippen molar-refractivity contribution in [2.24, 2.45) is 0 Å². The number of fused-ring (bicyclic) bond motifs is 1. The van der Waals surface area contributed by atoms with Crippen LogP contribution in [0.15, 0.2) is 30.5 Å². The number of halogens is 1. The minimum atomic E-state index is 0.735. The van der Waals surface area contributed by atoms with Crippen LogP contribution >= 0.6 is 11.6 Å². The molecule has 124 valence electrons. The summed E-state index contributed by atoms with van der Waals surface area (Å²) in [7, 11) is 0. The van der Waals surface area contributed by atoms with Gasteiger partial charge in [0.1, 0.15) is 0 Å². The molecule has 0 unspecified atom stereocenters. The van der Waals surface area contributed by atoms with Crippen LogP contribution in [-0.4, -0.2) is 36.1 Å². The molecule has 1 saturated heterocycles. The number of aromatic nitrogens is 1. The van der Waals surface area contributed by atoms with Gasteiger partial charge in [-0.2, -0.15) is 0 Å². The Morgan fingerprint density at radius 3 is 2.65 bits per heavy atom. The van der Waals surface area contributed by atoms with E-state index in [-0.39, 0.29) is 0 Å². The fraction of sp³-hybridized carbons (Fsp3) is 0.526. The van der Waals surface area contributed by atoms with Gasteiger partial charge < -0.3 is 10.2 Å². The number of benzene rings is 1. The lowest BCUT2D eigenvalue weighted by Crippen LogP contribution is -2.29. The summed E-state index contributed by atoms with van der Waals surface area (Å²) in [6.45, 7) is 4.74. The first-order valence-corrected chi connectivity index (χ1v) is 9.21. The molecule has 2 aromatic rings. The molecule has 0 radical (unpaired) electrons. The van der Waals surface area contributed by atoms with Crippen molar-refractivity contribution in [3.05, 3.63) is 35.5 Å². The van der Waals surface area contributed by atoms with Crippen molar-refractivity contribution >= 4 is 28.2 Å². The van der Waals surface area contributed by atoms with E-state index in [1.165, 1.54) is 58.2 Å². The van der Waals surface area contributed by atoms with Crippen molar-refractivity contribution in [1.82, 2.24) is 9.88 Å². The maximum atomic E-state index is 6.04. The molecule has 3 nitrogen and oxygen atoms in total. The second-order valence-corrected chi connectivity index (χ2v) is 6.85. The summed E-state index contributed by atoms with van der Waals surface area (Å²) in [6, 6.07) is 7.94. The molecule has 1 aliphatic heterocycles. The van der Waals surface area contributed by atoms with Gasteiger partial charge in [-0.25, -0.2) is 0 Å². The Morgan fingerprint density at radius 2 is 1.83 bits per heavy atom. The lowest BCUT2D eigenvalue weighted by Gasteiger charge is -2.24. The first kappa shape index (κ1) is 16.5. The highest BCUT2D eigenvalue weighted by Crippen LogP contribution is 2.24. The van der Waals surface area contributed by atoms with Gasteiger partial charge in [-0.3, -0.25) is 4.98 Å². The third kappa shape index (κ3) is 4.82. The van der Waals surface area contributed by atoms with Crippen LogP contribution in [0, 0.1) is 0 Å². The topological polar surface area (TPSA) is 28.2 Å². The summed E-state index contributed by atoms with van der Waals surface area (Å²) in [5, 5.41) is 5.44. The van der Waals surface area contributed by atoms with Crippen LogP contribution in [0.25, 0.3) is 10.9 Å². The van der Waals surface area contributed by atoms with Crippen LogP contribution in [0.1, 0.15) is 38.5 Å². The average molecular weight is 332 g/mol. The second-order valence-electron chi connectivity index (χ2n) is 6.41. The summed E-state index contributed by atoms with van der Waals surface area (Å²) >= 11 is 6.04. The SMILES string of the molecule is Clc1ccc2c(NCCCN3CCCCCCC3)ccnc2c1. The molecule has 4 heteroatoms. The van der Waals surface area contributed by atoms with E-state index in [0.717, 1.165) is 28.2 Å². The molecule has 0 aliphatic carbocycles. The molecular formula is C19H26ClN3. The minimum Gasteiger partial charge on any atom is -0.384 e. The van der Waals surface area contributed by atoms with Crippen LogP contribution in [0.3, 0.4) is 0 Å². The number of hydrogen-bond acceptors (Lipinski definition) is 3. The van der Waals surface area contributed by atoms with E-state index in [0.29, 0.717) is 0 Å². The fourth-order valence-corrected chi connectivity index (χ4v) is 3.50. The molecule has 23 heavy (non-hydrogen) atoms. The van der Waals surface area contributed by atoms with Crippen LogP contribution in [0.4, 0.5) is 5.69 Å². The largest absolute Gasteiger partial charge is 0.384 e. The van der Waals surface area contributed by atoms with Gasteiger partial charge in [0.2, 0.25) is 0 Å². The van der Waals surface area contributed by atoms with Gasteiger partial charge in [0.05, 0.1) is 5.52 Å². The number of rotatable bonds is 5. The highest BCUT2D eigenvalue weighted by molar-refractivity contribution is 6.31. The highest BCUT2D eigenvalue weighted by atomic mass is 35.5. The zero-order valence-corrected chi connectivity index (χ0v) is 14.5. The number of pyridine rings is 1. The highest BCUT2D eigenvalue weighted by Gasteiger charge is 2.07. The fourth-order valence-electron chi connectivity index (χ4n) is 3.34. The van der Waals surface area contributed by atoms with Crippen molar-refractivity contribution < 1.29 is 0 Å². The predicted octanol–water partition coefficient (Wildman–Crippen LogP) is 4.96. The Labute approximate surface area is 144 Å². The maximum absolute atomic E-state index is 6.04. The van der Waals surface area contributed by atoms with Gasteiger partial charge in [-0.05, 0) is 63.2 Å². The molecular weight excluding hydrogens is 306 g/mol. The molecule has 1 N–H and O–H groups in total. The first-order valence-electron chi connectivity index (χ1n) is 8.83. The third-order valence-corrected chi connectivity index (χ3v) is 4.86. The Kier molecular flexibility index (Phi) is 6.12. The van der Waals surface area contributed by atoms with E-state index < -0.39 is 0 Å². The number of likely N-dealkylation sites (tertiary alicyclic amines) is 1. The molecule has 1 aromatic carbocycles. The molecule has 0 saturated carbocycles. The lowest BCUT2D eigenvalue weighted by atomic mass is 10.1. The number of nitrogens with zero attached hydrogens (tertiary/aromatic N) is 2. The zero-order chi connectivity index (χ0) is 15.9. The molecule has 2 heterocycles. The third-order valence-electron chi connectivity index (χ3n) is 4.62. The van der Waals surface area contributed by atoms with E-state index in [4.69, 9.17) is 11.6 Å². The Hall–Kier alpha value is -1.32. The summed E-state index contributed by atoms with van der Waals surface area (Å²) < 4.78 is 0. The smallest absolute Gasteiger partial charge is 0.0737 e. The maximum Gasteiger partial charge on any atom is 0.0737 e. The summed E-state index contributed by atoms with van der Waals surface area (Å²) in [5.74, 6) is 0. The molecule has 0 spiro atoms. The number of nitrogens with one attached hydrogen (secondary N) is 1. The Morgan fingerprint density at radius 1 is 1.04 bits per heavy atom. The van der Waals surface area contributed by atoms with Gasteiger partial charge in [-0.1, -0.05) is 30.9 Å². The van der Waals surface area contributed by atoms with Gasteiger partial charge in [-0.15, -0.1) is 0 Å². The minimum absolute atomic E-state index is 0.735. The standard InChI is InChI=1S/C19H26ClN3/c20-16-7-8-17-18(9-11-22-19(17)15-16)21-10-6-14-23-12-4-2-1-3-5-13-23/h7-9,11,15H,1-6,10,12-14H2,(H,21,22). The number of hydrogen-bond donors (Lipinski definition) is 1. The van der Waals surface area contributed by atoms with Gasteiger partial charge >= 0.3 is 0 Å². The summed E-state index contributed by atoms with van der Waals surface area (Å²) in [5.41, 5.74) is 2.10. The quantitative estimate of drug-likeness (QED) is 0.785. The average Bonchev–Trinajstić information content (AvgIpc) is 2.52. The molecule has 3 rings (SSSR count). The van der Waals surface area contributed by atoms with E-state index in [9.17, 15) is 0 Å². The second kappa shape index (κ2) is 8.51. The Bertz CT molecular complexity index is 621. The van der Waals surface area contributed by atoms with E-state index in [1.807, 2.05) is 30.5 Å². The van der Waals surface area contributed by atoms with Crippen molar-refractivity contribution in [2.45, 2.75) is 38.5 Å². The van der Waals surface area contributed by atoms with Crippen molar-refractivity contribution in [3.63, 3.8) is 0 Å². The molecule has 0 atom stereocenters. The van der Waals surface area contributed by atoms with Crippen molar-refractivity contribution in [1.29, 1.82) is 0 Å². The zero-order valence-electron chi connectivity index (χ0n) is 13.7. The van der Waals surface area contributed by atoms with E-state index in [2.05, 4.69) is 15.2 Å². The number of anilines is 1.